The van der Waals surface area contributed by atoms with Gasteiger partial charge < -0.3 is 15.0 Å². The van der Waals surface area contributed by atoms with Gasteiger partial charge in [-0.2, -0.15) is 0 Å². The zero-order chi connectivity index (χ0) is 13.8. The van der Waals surface area contributed by atoms with Gasteiger partial charge in [0.1, 0.15) is 5.69 Å². The molecule has 2 aromatic rings. The summed E-state index contributed by atoms with van der Waals surface area (Å²) in [5, 5.41) is 11.7. The van der Waals surface area contributed by atoms with Gasteiger partial charge in [-0.15, -0.1) is 0 Å². The van der Waals surface area contributed by atoms with Crippen LogP contribution in [0.15, 0.2) is 36.5 Å². The largest absolute Gasteiger partial charge is 0.505 e. The van der Waals surface area contributed by atoms with E-state index in [-0.39, 0.29) is 5.91 Å². The first kappa shape index (κ1) is 13.1. The van der Waals surface area contributed by atoms with Gasteiger partial charge in [0.15, 0.2) is 11.6 Å². The maximum atomic E-state index is 13.2. The minimum atomic E-state index is -0.762. The zero-order valence-electron chi connectivity index (χ0n) is 10.6. The number of aromatic hydroxyl groups is 1. The third-order valence-corrected chi connectivity index (χ3v) is 2.73. The molecule has 1 aromatic carbocycles. The number of halogens is 1. The minimum absolute atomic E-state index is 0.302. The van der Waals surface area contributed by atoms with Crippen LogP contribution in [0.2, 0.25) is 0 Å². The number of aryl methyl sites for hydroxylation is 1. The normalized spacial score (nSPS) is 10.4. The lowest BCUT2D eigenvalue weighted by molar-refractivity contribution is 0.101. The Morgan fingerprint density at radius 2 is 2.21 bits per heavy atom. The number of rotatable bonds is 4. The highest BCUT2D eigenvalue weighted by atomic mass is 19.1. The molecule has 0 aliphatic heterocycles. The molecule has 0 aliphatic carbocycles. The fraction of sp³-hybridized carbons (Fsp3) is 0.214. The number of amides is 1. The number of nitrogens with one attached hydrogen (secondary N) is 1. The van der Waals surface area contributed by atoms with Crippen LogP contribution >= 0.6 is 0 Å². The van der Waals surface area contributed by atoms with Gasteiger partial charge in [-0.05, 0) is 30.7 Å². The van der Waals surface area contributed by atoms with E-state index in [4.69, 9.17) is 5.11 Å². The van der Waals surface area contributed by atoms with Gasteiger partial charge in [0.2, 0.25) is 0 Å². The highest BCUT2D eigenvalue weighted by molar-refractivity contribution is 6.03. The molecule has 19 heavy (non-hydrogen) atoms. The molecule has 0 aliphatic rings. The third kappa shape index (κ3) is 2.93. The summed E-state index contributed by atoms with van der Waals surface area (Å²) in [6.07, 6.45) is 2.75. The number of benzene rings is 1. The molecule has 0 spiro atoms. The van der Waals surface area contributed by atoms with Gasteiger partial charge in [-0.3, -0.25) is 4.79 Å². The van der Waals surface area contributed by atoms with Crippen molar-refractivity contribution in [1.82, 2.24) is 4.57 Å². The lowest BCUT2D eigenvalue weighted by atomic mass is 10.2. The van der Waals surface area contributed by atoms with E-state index in [1.807, 2.05) is 17.7 Å². The molecule has 1 aromatic heterocycles. The van der Waals surface area contributed by atoms with Crippen LogP contribution in [0.25, 0.3) is 0 Å². The lowest BCUT2D eigenvalue weighted by Crippen LogP contribution is -2.16. The fourth-order valence-electron chi connectivity index (χ4n) is 1.84. The van der Waals surface area contributed by atoms with Gasteiger partial charge in [0.05, 0.1) is 0 Å². The van der Waals surface area contributed by atoms with Crippen molar-refractivity contribution in [2.45, 2.75) is 19.9 Å². The maximum absolute atomic E-state index is 13.2. The van der Waals surface area contributed by atoms with Crippen LogP contribution in [0.4, 0.5) is 10.1 Å². The summed E-state index contributed by atoms with van der Waals surface area (Å²) in [5.74, 6) is -1.50. The summed E-state index contributed by atoms with van der Waals surface area (Å²) in [5.41, 5.74) is 0.833. The standard InChI is InChI=1S/C14H15FN2O2/c1-2-7-17-8-3-4-12(17)14(19)16-10-5-6-13(18)11(15)9-10/h3-6,8-9,18H,2,7H2,1H3,(H,16,19). The average molecular weight is 262 g/mol. The van der Waals surface area contributed by atoms with Crippen molar-refractivity contribution < 1.29 is 14.3 Å². The number of nitrogens with zero attached hydrogens (tertiary/aromatic N) is 1. The van der Waals surface area contributed by atoms with Crippen LogP contribution < -0.4 is 5.32 Å². The van der Waals surface area contributed by atoms with E-state index in [0.29, 0.717) is 11.4 Å². The van der Waals surface area contributed by atoms with Crippen molar-refractivity contribution in [3.05, 3.63) is 48.0 Å². The van der Waals surface area contributed by atoms with E-state index in [2.05, 4.69) is 5.32 Å². The lowest BCUT2D eigenvalue weighted by Gasteiger charge is -2.09. The topological polar surface area (TPSA) is 54.3 Å². The van der Waals surface area contributed by atoms with E-state index >= 15 is 0 Å². The maximum Gasteiger partial charge on any atom is 0.272 e. The molecule has 4 nitrogen and oxygen atoms in total. The molecule has 0 unspecified atom stereocenters. The summed E-state index contributed by atoms with van der Waals surface area (Å²) in [4.78, 5) is 12.1. The van der Waals surface area contributed by atoms with Crippen molar-refractivity contribution in [1.29, 1.82) is 0 Å². The number of anilines is 1. The van der Waals surface area contributed by atoms with Crippen LogP contribution in [-0.4, -0.2) is 15.6 Å². The summed E-state index contributed by atoms with van der Waals surface area (Å²) in [7, 11) is 0. The smallest absolute Gasteiger partial charge is 0.272 e. The molecule has 0 radical (unpaired) electrons. The van der Waals surface area contributed by atoms with Crippen LogP contribution in [0.3, 0.4) is 0 Å². The Labute approximate surface area is 110 Å². The molecular formula is C14H15FN2O2. The highest BCUT2D eigenvalue weighted by Crippen LogP contribution is 2.20. The SMILES string of the molecule is CCCn1cccc1C(=O)Nc1ccc(O)c(F)c1. The second-order valence-corrected chi connectivity index (χ2v) is 4.21. The number of phenolic OH excluding ortho intramolecular Hbond substituents is 1. The predicted octanol–water partition coefficient (Wildman–Crippen LogP) is 3.00. The van der Waals surface area contributed by atoms with Crippen molar-refractivity contribution in [3.8, 4) is 5.75 Å². The van der Waals surface area contributed by atoms with Crippen molar-refractivity contribution in [2.75, 3.05) is 5.32 Å². The van der Waals surface area contributed by atoms with Gasteiger partial charge in [-0.25, -0.2) is 4.39 Å². The molecule has 0 saturated carbocycles. The monoisotopic (exact) mass is 262 g/mol. The summed E-state index contributed by atoms with van der Waals surface area (Å²) >= 11 is 0. The van der Waals surface area contributed by atoms with Crippen LogP contribution in [0.1, 0.15) is 23.8 Å². The molecule has 0 bridgehead atoms. The highest BCUT2D eigenvalue weighted by Gasteiger charge is 2.11. The Balaban J connectivity index is 2.16. The molecule has 1 heterocycles. The second kappa shape index (κ2) is 5.56. The van der Waals surface area contributed by atoms with Gasteiger partial charge >= 0.3 is 0 Å². The van der Waals surface area contributed by atoms with E-state index in [0.717, 1.165) is 19.0 Å². The van der Waals surface area contributed by atoms with E-state index < -0.39 is 11.6 Å². The number of hydrogen-bond acceptors (Lipinski definition) is 2. The van der Waals surface area contributed by atoms with Gasteiger partial charge in [-0.1, -0.05) is 6.92 Å². The van der Waals surface area contributed by atoms with Crippen molar-refractivity contribution in [2.24, 2.45) is 0 Å². The van der Waals surface area contributed by atoms with Gasteiger partial charge in [0, 0.05) is 24.5 Å². The summed E-state index contributed by atoms with van der Waals surface area (Å²) < 4.78 is 15.0. The number of aromatic nitrogens is 1. The van der Waals surface area contributed by atoms with E-state index in [9.17, 15) is 9.18 Å². The Hall–Kier alpha value is -2.30. The molecule has 5 heteroatoms. The van der Waals surface area contributed by atoms with Gasteiger partial charge in [0.25, 0.3) is 5.91 Å². The number of carbonyl (C=O) groups excluding carboxylic acids is 1. The molecular weight excluding hydrogens is 247 g/mol. The minimum Gasteiger partial charge on any atom is -0.505 e. The summed E-state index contributed by atoms with van der Waals surface area (Å²) in [6.45, 7) is 2.77. The summed E-state index contributed by atoms with van der Waals surface area (Å²) in [6, 6.07) is 7.24. The number of carbonyl (C=O) groups is 1. The Morgan fingerprint density at radius 3 is 2.89 bits per heavy atom. The molecule has 100 valence electrons. The first-order valence-corrected chi connectivity index (χ1v) is 6.07. The van der Waals surface area contributed by atoms with Crippen molar-refractivity contribution >= 4 is 11.6 Å². The van der Waals surface area contributed by atoms with Crippen LogP contribution in [0, 0.1) is 5.82 Å². The molecule has 0 atom stereocenters. The first-order valence-electron chi connectivity index (χ1n) is 6.07. The number of hydrogen-bond donors (Lipinski definition) is 2. The molecule has 2 N–H and O–H groups in total. The quantitative estimate of drug-likeness (QED) is 0.832. The third-order valence-electron chi connectivity index (χ3n) is 2.73. The van der Waals surface area contributed by atoms with Crippen LogP contribution in [0.5, 0.6) is 5.75 Å². The zero-order valence-corrected chi connectivity index (χ0v) is 10.6. The van der Waals surface area contributed by atoms with E-state index in [1.54, 1.807) is 12.1 Å². The van der Waals surface area contributed by atoms with E-state index in [1.165, 1.54) is 12.1 Å². The van der Waals surface area contributed by atoms with Crippen molar-refractivity contribution in [3.63, 3.8) is 0 Å². The Kier molecular flexibility index (Phi) is 3.85. The molecule has 2 rings (SSSR count). The fourth-order valence-corrected chi connectivity index (χ4v) is 1.84. The first-order chi connectivity index (χ1) is 9.11. The Morgan fingerprint density at radius 1 is 1.42 bits per heavy atom. The number of phenols is 1. The Bertz CT molecular complexity index is 593. The predicted molar refractivity (Wildman–Crippen MR) is 70.7 cm³/mol. The molecule has 0 fully saturated rings. The average Bonchev–Trinajstić information content (AvgIpc) is 2.83. The second-order valence-electron chi connectivity index (χ2n) is 4.21. The molecule has 0 saturated heterocycles. The van der Waals surface area contributed by atoms with Crippen LogP contribution in [-0.2, 0) is 6.54 Å². The molecule has 1 amide bonds.